The number of carbonyl (C=O) groups excluding carboxylic acids is 2. The van der Waals surface area contributed by atoms with E-state index in [0.29, 0.717) is 11.4 Å². The fraction of sp³-hybridized carbons (Fsp3) is 0.0714. The predicted octanol–water partition coefficient (Wildman–Crippen LogP) is -2.97. The molecule has 0 bridgehead atoms. The van der Waals surface area contributed by atoms with Gasteiger partial charge in [0.05, 0.1) is 36.0 Å². The zero-order chi connectivity index (χ0) is 19.1. The zero-order valence-corrected chi connectivity index (χ0v) is 14.8. The Morgan fingerprint density at radius 1 is 0.962 bits per heavy atom. The second kappa shape index (κ2) is 15.3. The molecule has 0 aliphatic rings. The van der Waals surface area contributed by atoms with Crippen LogP contribution in [0.15, 0.2) is 37.2 Å². The number of H-pyrrole nitrogens is 2. The maximum Gasteiger partial charge on any atom is 2.00 e. The number of carboxylic acid groups (broad SMARTS) is 3. The molecular weight excluding hydrogens is 415 g/mol. The van der Waals surface area contributed by atoms with Gasteiger partial charge in [-0.2, -0.15) is 0 Å². The molecule has 0 saturated carbocycles. The molecule has 4 N–H and O–H groups in total. The maximum absolute atomic E-state index is 9.86. The second-order valence-corrected chi connectivity index (χ2v) is 3.84. The SMILES string of the molecule is O=C(O)CO.O=C([O-])C=Cc1c[nH]cn1.O=C([O-])C=Cc1c[nH]cn1.[Se+2]. The van der Waals surface area contributed by atoms with Crippen molar-refractivity contribution in [3.63, 3.8) is 0 Å². The molecule has 0 spiro atoms. The summed E-state index contributed by atoms with van der Waals surface area (Å²) in [5.74, 6) is -3.63. The number of aromatic amines is 2. The van der Waals surface area contributed by atoms with Crippen molar-refractivity contribution >= 4 is 47.1 Å². The van der Waals surface area contributed by atoms with Crippen LogP contribution in [0, 0.1) is 0 Å². The smallest absolute Gasteiger partial charge is 0.545 e. The Morgan fingerprint density at radius 2 is 1.31 bits per heavy atom. The number of carboxylic acids is 3. The number of hydrogen-bond acceptors (Lipinski definition) is 8. The van der Waals surface area contributed by atoms with E-state index in [0.717, 1.165) is 12.2 Å². The number of nitrogens with one attached hydrogen (secondary N) is 2. The number of rotatable bonds is 5. The van der Waals surface area contributed by atoms with Crippen molar-refractivity contribution in [2.75, 3.05) is 6.61 Å². The molecule has 0 fully saturated rings. The van der Waals surface area contributed by atoms with Gasteiger partial charge in [-0.1, -0.05) is 0 Å². The normalized spacial score (nSPS) is 9.42. The summed E-state index contributed by atoms with van der Waals surface area (Å²) in [5, 5.41) is 34.7. The van der Waals surface area contributed by atoms with E-state index < -0.39 is 24.5 Å². The molecule has 2 aromatic rings. The Bertz CT molecular complexity index is 643. The van der Waals surface area contributed by atoms with Crippen molar-refractivity contribution in [1.82, 2.24) is 19.9 Å². The van der Waals surface area contributed by atoms with Crippen LogP contribution in [0.3, 0.4) is 0 Å². The second-order valence-electron chi connectivity index (χ2n) is 3.84. The van der Waals surface area contributed by atoms with Crippen molar-refractivity contribution < 1.29 is 34.8 Å². The molecule has 26 heavy (non-hydrogen) atoms. The summed E-state index contributed by atoms with van der Waals surface area (Å²) in [7, 11) is 0. The molecule has 0 amide bonds. The Hall–Kier alpha value is -3.21. The van der Waals surface area contributed by atoms with Crippen molar-refractivity contribution in [2.45, 2.75) is 0 Å². The fourth-order valence-electron chi connectivity index (χ4n) is 1.03. The number of nitrogens with zero attached hydrogens (tertiary/aromatic N) is 2. The van der Waals surface area contributed by atoms with Crippen molar-refractivity contribution in [3.8, 4) is 0 Å². The maximum atomic E-state index is 9.86. The van der Waals surface area contributed by atoms with Crippen LogP contribution >= 0.6 is 0 Å². The third-order valence-corrected chi connectivity index (χ3v) is 1.95. The molecule has 0 saturated heterocycles. The summed E-state index contributed by atoms with van der Waals surface area (Å²) < 4.78 is 0. The topological polar surface area (TPSA) is 195 Å². The number of aromatic nitrogens is 4. The summed E-state index contributed by atoms with van der Waals surface area (Å²) >= 11 is 0. The number of carbonyl (C=O) groups is 3. The first-order valence-electron chi connectivity index (χ1n) is 6.43. The predicted molar refractivity (Wildman–Crippen MR) is 85.7 cm³/mol. The van der Waals surface area contributed by atoms with E-state index in [1.165, 1.54) is 24.8 Å². The van der Waals surface area contributed by atoms with Crippen molar-refractivity contribution in [1.29, 1.82) is 0 Å². The van der Waals surface area contributed by atoms with Gasteiger partial charge in [0.25, 0.3) is 0 Å². The van der Waals surface area contributed by atoms with Gasteiger partial charge in [-0.25, -0.2) is 14.8 Å². The minimum atomic E-state index is -1.22. The third kappa shape index (κ3) is 15.7. The molecule has 0 aromatic carbocycles. The van der Waals surface area contributed by atoms with Gasteiger partial charge in [-0.15, -0.1) is 0 Å². The van der Waals surface area contributed by atoms with Gasteiger partial charge in [0.1, 0.15) is 6.61 Å². The van der Waals surface area contributed by atoms with E-state index in [2.05, 4.69) is 19.9 Å². The van der Waals surface area contributed by atoms with Gasteiger partial charge in [0.15, 0.2) is 0 Å². The molecule has 4 radical (unpaired) electrons. The van der Waals surface area contributed by atoms with Crippen molar-refractivity contribution in [2.24, 2.45) is 0 Å². The largest absolute Gasteiger partial charge is 2.00 e. The zero-order valence-electron chi connectivity index (χ0n) is 13.1. The van der Waals surface area contributed by atoms with E-state index in [1.807, 2.05) is 0 Å². The van der Waals surface area contributed by atoms with Gasteiger partial charge in [-0.05, 0) is 24.3 Å². The monoisotopic (exact) mass is 430 g/mol. The molecule has 0 unspecified atom stereocenters. The molecule has 2 aromatic heterocycles. The Morgan fingerprint density at radius 3 is 1.50 bits per heavy atom. The molecule has 2 rings (SSSR count). The van der Waals surface area contributed by atoms with Crippen LogP contribution in [0.25, 0.3) is 12.2 Å². The minimum absolute atomic E-state index is 0. The standard InChI is InChI=1S/2C6H6N2O2.C2H4O3.Se/c2*9-6(10)2-1-5-3-7-4-8-5;3-1-2(4)5;/h2*1-4H,(H,7,8)(H,9,10);3H,1H2,(H,4,5);/q;;;+2/p-2. The van der Waals surface area contributed by atoms with Crippen LogP contribution in [0.2, 0.25) is 0 Å². The van der Waals surface area contributed by atoms with Crippen LogP contribution in [0.1, 0.15) is 11.4 Å². The Balaban J connectivity index is 0. The van der Waals surface area contributed by atoms with Crippen LogP contribution in [-0.2, 0) is 14.4 Å². The first kappa shape index (κ1) is 25.0. The summed E-state index contributed by atoms with van der Waals surface area (Å²) in [4.78, 5) is 41.7. The Kier molecular flexibility index (Phi) is 14.8. The third-order valence-electron chi connectivity index (χ3n) is 1.95. The van der Waals surface area contributed by atoms with Crippen molar-refractivity contribution in [3.05, 3.63) is 48.6 Å². The number of aliphatic carboxylic acids is 3. The molecule has 0 aliphatic heterocycles. The average Bonchev–Trinajstić information content (AvgIpc) is 3.25. The average molecular weight is 429 g/mol. The van der Waals surface area contributed by atoms with Crippen LogP contribution < -0.4 is 10.2 Å². The first-order chi connectivity index (χ1) is 11.8. The van der Waals surface area contributed by atoms with Crippen LogP contribution in [0.4, 0.5) is 0 Å². The summed E-state index contributed by atoms with van der Waals surface area (Å²) in [6, 6.07) is 0. The molecule has 11 nitrogen and oxygen atoms in total. The summed E-state index contributed by atoms with van der Waals surface area (Å²) in [6.07, 6.45) is 10.7. The molecule has 2 heterocycles. The van der Waals surface area contributed by atoms with Gasteiger partial charge < -0.3 is 40.0 Å². The van der Waals surface area contributed by atoms with Crippen LogP contribution in [0.5, 0.6) is 0 Å². The van der Waals surface area contributed by atoms with Gasteiger partial charge in [0.2, 0.25) is 0 Å². The molecule has 138 valence electrons. The molecule has 12 heteroatoms. The van der Waals surface area contributed by atoms with E-state index in [1.54, 1.807) is 12.4 Å². The summed E-state index contributed by atoms with van der Waals surface area (Å²) in [5.41, 5.74) is 1.15. The van der Waals surface area contributed by atoms with Crippen LogP contribution in [-0.4, -0.2) is 71.7 Å². The molecular formula is C14H14N4O7Se. The van der Waals surface area contributed by atoms with E-state index in [4.69, 9.17) is 15.0 Å². The quantitative estimate of drug-likeness (QED) is 0.283. The first-order valence-corrected chi connectivity index (χ1v) is 6.43. The molecule has 0 aliphatic carbocycles. The molecule has 0 atom stereocenters. The summed E-state index contributed by atoms with van der Waals surface area (Å²) in [6.45, 7) is -0.778. The Labute approximate surface area is 157 Å². The number of aliphatic hydroxyl groups is 1. The van der Waals surface area contributed by atoms with E-state index >= 15 is 0 Å². The number of aliphatic hydroxyl groups excluding tert-OH is 1. The number of hydrogen-bond donors (Lipinski definition) is 4. The number of imidazole rings is 2. The van der Waals surface area contributed by atoms with E-state index in [9.17, 15) is 19.8 Å². The van der Waals surface area contributed by atoms with Gasteiger partial charge >= 0.3 is 23.0 Å². The van der Waals surface area contributed by atoms with Gasteiger partial charge in [-0.3, -0.25) is 0 Å². The fourth-order valence-corrected chi connectivity index (χ4v) is 1.03. The van der Waals surface area contributed by atoms with Gasteiger partial charge in [0, 0.05) is 12.4 Å². The minimum Gasteiger partial charge on any atom is -0.545 e. The van der Waals surface area contributed by atoms with E-state index in [-0.39, 0.29) is 17.1 Å².